The standard InChI is InChI=1S/C14H10N4OS/c1-7-3-5-9(13-11(7)15-19-16-13)10-6-4-8(2)12-14(10)18-20-17-12/h3-6H,1-2H3. The first-order valence-electron chi connectivity index (χ1n) is 6.20. The van der Waals surface area contributed by atoms with Crippen LogP contribution >= 0.6 is 11.7 Å². The number of hydrogen-bond acceptors (Lipinski definition) is 6. The number of fused-ring (bicyclic) bond motifs is 2. The topological polar surface area (TPSA) is 64.7 Å². The minimum Gasteiger partial charge on any atom is -0.243 e. The summed E-state index contributed by atoms with van der Waals surface area (Å²) >= 11 is 1.23. The molecule has 2 aromatic carbocycles. The zero-order valence-electron chi connectivity index (χ0n) is 10.9. The van der Waals surface area contributed by atoms with Crippen LogP contribution in [0.5, 0.6) is 0 Å². The summed E-state index contributed by atoms with van der Waals surface area (Å²) in [6.45, 7) is 4.03. The lowest BCUT2D eigenvalue weighted by Crippen LogP contribution is -1.87. The van der Waals surface area contributed by atoms with Gasteiger partial charge in [-0.3, -0.25) is 0 Å². The molecular formula is C14H10N4OS. The summed E-state index contributed by atoms with van der Waals surface area (Å²) in [6, 6.07) is 8.16. The van der Waals surface area contributed by atoms with Crippen LogP contribution in [0.25, 0.3) is 33.2 Å². The Kier molecular flexibility index (Phi) is 2.34. The number of hydrogen-bond donors (Lipinski definition) is 0. The molecule has 2 heterocycles. The summed E-state index contributed by atoms with van der Waals surface area (Å²) in [7, 11) is 0. The molecule has 0 aliphatic rings. The van der Waals surface area contributed by atoms with Gasteiger partial charge in [-0.05, 0) is 35.3 Å². The van der Waals surface area contributed by atoms with Crippen LogP contribution in [-0.4, -0.2) is 19.1 Å². The summed E-state index contributed by atoms with van der Waals surface area (Å²) in [4.78, 5) is 0. The van der Waals surface area contributed by atoms with Crippen molar-refractivity contribution in [1.29, 1.82) is 0 Å². The maximum Gasteiger partial charge on any atom is 0.143 e. The first kappa shape index (κ1) is 11.5. The maximum absolute atomic E-state index is 4.89. The average molecular weight is 282 g/mol. The highest BCUT2D eigenvalue weighted by molar-refractivity contribution is 7.00. The Morgan fingerprint density at radius 3 is 2.15 bits per heavy atom. The normalized spacial score (nSPS) is 11.5. The van der Waals surface area contributed by atoms with E-state index in [1.165, 1.54) is 11.7 Å². The van der Waals surface area contributed by atoms with Crippen LogP contribution in [0.4, 0.5) is 0 Å². The van der Waals surface area contributed by atoms with Gasteiger partial charge in [0, 0.05) is 11.1 Å². The highest BCUT2D eigenvalue weighted by atomic mass is 32.1. The lowest BCUT2D eigenvalue weighted by molar-refractivity contribution is 0.315. The van der Waals surface area contributed by atoms with Crippen LogP contribution < -0.4 is 0 Å². The molecule has 4 rings (SSSR count). The Morgan fingerprint density at radius 2 is 1.35 bits per heavy atom. The van der Waals surface area contributed by atoms with Crippen molar-refractivity contribution >= 4 is 33.8 Å². The fraction of sp³-hybridized carbons (Fsp3) is 0.143. The number of aryl methyl sites for hydroxylation is 2. The Labute approximate surface area is 118 Å². The van der Waals surface area contributed by atoms with Gasteiger partial charge in [-0.25, -0.2) is 4.63 Å². The van der Waals surface area contributed by atoms with E-state index in [-0.39, 0.29) is 0 Å². The fourth-order valence-corrected chi connectivity index (χ4v) is 3.03. The highest BCUT2D eigenvalue weighted by Crippen LogP contribution is 2.33. The minimum atomic E-state index is 0.767. The van der Waals surface area contributed by atoms with E-state index in [0.29, 0.717) is 0 Å². The van der Waals surface area contributed by atoms with Gasteiger partial charge >= 0.3 is 0 Å². The molecule has 0 amide bonds. The third-order valence-electron chi connectivity index (χ3n) is 3.52. The number of benzene rings is 2. The lowest BCUT2D eigenvalue weighted by Gasteiger charge is -2.05. The van der Waals surface area contributed by atoms with Crippen molar-refractivity contribution in [2.45, 2.75) is 13.8 Å². The van der Waals surface area contributed by atoms with Crippen LogP contribution in [-0.2, 0) is 0 Å². The molecule has 0 unspecified atom stereocenters. The molecule has 0 spiro atoms. The zero-order valence-corrected chi connectivity index (χ0v) is 11.7. The molecule has 0 bridgehead atoms. The van der Waals surface area contributed by atoms with Crippen molar-refractivity contribution in [2.75, 3.05) is 0 Å². The molecule has 0 saturated carbocycles. The monoisotopic (exact) mass is 282 g/mol. The molecule has 0 N–H and O–H groups in total. The van der Waals surface area contributed by atoms with Gasteiger partial charge in [0.05, 0.1) is 11.7 Å². The van der Waals surface area contributed by atoms with E-state index in [2.05, 4.69) is 31.2 Å². The van der Waals surface area contributed by atoms with Gasteiger partial charge < -0.3 is 0 Å². The summed E-state index contributed by atoms with van der Waals surface area (Å²) in [5, 5.41) is 8.01. The van der Waals surface area contributed by atoms with E-state index in [1.54, 1.807) is 0 Å². The smallest absolute Gasteiger partial charge is 0.143 e. The van der Waals surface area contributed by atoms with Gasteiger partial charge in [0.25, 0.3) is 0 Å². The van der Waals surface area contributed by atoms with Gasteiger partial charge in [0.1, 0.15) is 22.1 Å². The first-order valence-corrected chi connectivity index (χ1v) is 6.93. The Morgan fingerprint density at radius 1 is 0.750 bits per heavy atom. The molecule has 0 aliphatic heterocycles. The van der Waals surface area contributed by atoms with Gasteiger partial charge in [-0.2, -0.15) is 8.75 Å². The molecule has 20 heavy (non-hydrogen) atoms. The van der Waals surface area contributed by atoms with Gasteiger partial charge in [-0.15, -0.1) is 0 Å². The third-order valence-corrected chi connectivity index (χ3v) is 4.05. The first-order chi connectivity index (χ1) is 9.75. The second-order valence-electron chi connectivity index (χ2n) is 4.78. The molecule has 5 nitrogen and oxygen atoms in total. The van der Waals surface area contributed by atoms with Crippen LogP contribution in [0.1, 0.15) is 11.1 Å². The Bertz CT molecular complexity index is 863. The highest BCUT2D eigenvalue weighted by Gasteiger charge is 2.15. The van der Waals surface area contributed by atoms with E-state index in [4.69, 9.17) is 4.63 Å². The van der Waals surface area contributed by atoms with Gasteiger partial charge in [0.15, 0.2) is 0 Å². The molecule has 4 aromatic rings. The molecule has 98 valence electrons. The molecule has 6 heteroatoms. The molecule has 0 fully saturated rings. The second-order valence-corrected chi connectivity index (χ2v) is 5.31. The summed E-state index contributed by atoms with van der Waals surface area (Å²) < 4.78 is 13.7. The van der Waals surface area contributed by atoms with Crippen LogP contribution in [0.15, 0.2) is 28.9 Å². The van der Waals surface area contributed by atoms with Crippen molar-refractivity contribution < 1.29 is 4.63 Å². The largest absolute Gasteiger partial charge is 0.243 e. The zero-order chi connectivity index (χ0) is 13.7. The summed E-state index contributed by atoms with van der Waals surface area (Å²) in [6.07, 6.45) is 0. The minimum absolute atomic E-state index is 0.767. The van der Waals surface area contributed by atoms with Gasteiger partial charge in [0.2, 0.25) is 0 Å². The Balaban J connectivity index is 2.12. The van der Waals surface area contributed by atoms with E-state index >= 15 is 0 Å². The van der Waals surface area contributed by atoms with Crippen molar-refractivity contribution in [1.82, 2.24) is 19.1 Å². The average Bonchev–Trinajstić information content (AvgIpc) is 3.09. The van der Waals surface area contributed by atoms with E-state index in [0.717, 1.165) is 44.3 Å². The Hall–Kier alpha value is -2.34. The predicted octanol–water partition coefficient (Wildman–Crippen LogP) is 3.51. The molecule has 0 aliphatic carbocycles. The second kappa shape index (κ2) is 4.08. The molecular weight excluding hydrogens is 272 g/mol. The van der Waals surface area contributed by atoms with Crippen molar-refractivity contribution in [2.24, 2.45) is 0 Å². The van der Waals surface area contributed by atoms with E-state index in [9.17, 15) is 0 Å². The molecule has 0 radical (unpaired) electrons. The van der Waals surface area contributed by atoms with Crippen LogP contribution in [0, 0.1) is 13.8 Å². The summed E-state index contributed by atoms with van der Waals surface area (Å²) in [5.41, 5.74) is 7.57. The number of rotatable bonds is 1. The van der Waals surface area contributed by atoms with Crippen molar-refractivity contribution in [3.05, 3.63) is 35.4 Å². The number of nitrogens with zero attached hydrogens (tertiary/aromatic N) is 4. The lowest BCUT2D eigenvalue weighted by atomic mass is 9.99. The quantitative estimate of drug-likeness (QED) is 0.534. The van der Waals surface area contributed by atoms with Crippen LogP contribution in [0.3, 0.4) is 0 Å². The molecule has 0 saturated heterocycles. The SMILES string of the molecule is Cc1ccc(-c2ccc(C)c3nsnc23)c2nonc12. The van der Waals surface area contributed by atoms with Gasteiger partial charge in [-0.1, -0.05) is 24.3 Å². The van der Waals surface area contributed by atoms with Crippen molar-refractivity contribution in [3.8, 4) is 11.1 Å². The fourth-order valence-electron chi connectivity index (χ4n) is 2.42. The molecule has 2 aromatic heterocycles. The number of aromatic nitrogens is 4. The predicted molar refractivity (Wildman–Crippen MR) is 77.7 cm³/mol. The van der Waals surface area contributed by atoms with Crippen LogP contribution in [0.2, 0.25) is 0 Å². The summed E-state index contributed by atoms with van der Waals surface area (Å²) in [5.74, 6) is 0. The maximum atomic E-state index is 4.89. The van der Waals surface area contributed by atoms with Crippen molar-refractivity contribution in [3.63, 3.8) is 0 Å². The molecule has 0 atom stereocenters. The van der Waals surface area contributed by atoms with E-state index in [1.807, 2.05) is 26.0 Å². The van der Waals surface area contributed by atoms with E-state index < -0.39 is 0 Å². The third kappa shape index (κ3) is 1.48.